The minimum absolute atomic E-state index is 0.377. The zero-order valence-electron chi connectivity index (χ0n) is 11.3. The highest BCUT2D eigenvalue weighted by Gasteiger charge is 2.31. The van der Waals surface area contributed by atoms with Crippen LogP contribution in [0.15, 0.2) is 0 Å². The molecule has 2 atom stereocenters. The molecular formula is C16H27N. The van der Waals surface area contributed by atoms with Gasteiger partial charge in [0.15, 0.2) is 0 Å². The summed E-state index contributed by atoms with van der Waals surface area (Å²) in [6, 6.07) is 2.50. The first kappa shape index (κ1) is 12.9. The Labute approximate surface area is 107 Å². The molecule has 1 nitrogen and oxygen atoms in total. The molecule has 0 aromatic rings. The molecule has 0 bridgehead atoms. The van der Waals surface area contributed by atoms with E-state index < -0.39 is 0 Å². The van der Waals surface area contributed by atoms with E-state index in [1.165, 1.54) is 57.8 Å². The molecule has 0 amide bonds. The molecule has 2 rings (SSSR count). The van der Waals surface area contributed by atoms with Crippen molar-refractivity contribution in [3.63, 3.8) is 0 Å². The second kappa shape index (κ2) is 6.43. The summed E-state index contributed by atoms with van der Waals surface area (Å²) in [5.41, 5.74) is 0. The normalized spacial score (nSPS) is 38.6. The molecule has 0 aromatic heterocycles. The molecule has 2 aliphatic carbocycles. The first-order valence-electron chi connectivity index (χ1n) is 7.73. The van der Waals surface area contributed by atoms with Crippen LogP contribution in [0.5, 0.6) is 0 Å². The molecule has 0 aliphatic heterocycles. The van der Waals surface area contributed by atoms with Crippen LogP contribution in [0.2, 0.25) is 0 Å². The van der Waals surface area contributed by atoms with E-state index in [-0.39, 0.29) is 0 Å². The third-order valence-electron chi connectivity index (χ3n) is 5.15. The van der Waals surface area contributed by atoms with E-state index in [1.807, 2.05) is 0 Å². The molecule has 1 heteroatoms. The Balaban J connectivity index is 1.78. The molecule has 0 spiro atoms. The molecular weight excluding hydrogens is 206 g/mol. The number of rotatable bonds is 3. The lowest BCUT2D eigenvalue weighted by molar-refractivity contribution is 0.150. The Morgan fingerprint density at radius 3 is 2.41 bits per heavy atom. The third-order valence-corrected chi connectivity index (χ3v) is 5.15. The van der Waals surface area contributed by atoms with E-state index in [4.69, 9.17) is 5.26 Å². The molecule has 0 unspecified atom stereocenters. The fourth-order valence-electron chi connectivity index (χ4n) is 4.13. The number of nitriles is 1. The molecule has 0 radical (unpaired) electrons. The van der Waals surface area contributed by atoms with Gasteiger partial charge < -0.3 is 0 Å². The minimum Gasteiger partial charge on any atom is -0.198 e. The fraction of sp³-hybridized carbons (Fsp3) is 0.938. The van der Waals surface area contributed by atoms with Gasteiger partial charge >= 0.3 is 0 Å². The second-order valence-corrected chi connectivity index (χ2v) is 6.32. The van der Waals surface area contributed by atoms with E-state index in [0.29, 0.717) is 5.92 Å². The quantitative estimate of drug-likeness (QED) is 0.678. The van der Waals surface area contributed by atoms with Gasteiger partial charge in [0.1, 0.15) is 0 Å². The largest absolute Gasteiger partial charge is 0.198 e. The summed E-state index contributed by atoms with van der Waals surface area (Å²) in [6.07, 6.45) is 13.7. The SMILES string of the molecule is CCCC1CCC([C@@H]2CCC[C@@H](C#N)C2)CC1. The van der Waals surface area contributed by atoms with Gasteiger partial charge in [0.25, 0.3) is 0 Å². The van der Waals surface area contributed by atoms with Crippen LogP contribution < -0.4 is 0 Å². The standard InChI is InChI=1S/C16H27N/c1-2-4-13-7-9-15(10-8-13)16-6-3-5-14(11-16)12-17/h13-16H,2-11H2,1H3/t13?,14-,15?,16-/m1/s1. The van der Waals surface area contributed by atoms with Crippen LogP contribution in [0.25, 0.3) is 0 Å². The molecule has 2 fully saturated rings. The van der Waals surface area contributed by atoms with Gasteiger partial charge in [-0.05, 0) is 43.4 Å². The summed E-state index contributed by atoms with van der Waals surface area (Å²) in [4.78, 5) is 0. The van der Waals surface area contributed by atoms with Crippen molar-refractivity contribution in [2.45, 2.75) is 71.1 Å². The summed E-state index contributed by atoms with van der Waals surface area (Å²) in [7, 11) is 0. The van der Waals surface area contributed by atoms with Crippen LogP contribution in [0.1, 0.15) is 71.1 Å². The summed E-state index contributed by atoms with van der Waals surface area (Å²) >= 11 is 0. The van der Waals surface area contributed by atoms with Crippen molar-refractivity contribution in [1.29, 1.82) is 5.26 Å². The Morgan fingerprint density at radius 1 is 1.00 bits per heavy atom. The lowest BCUT2D eigenvalue weighted by Crippen LogP contribution is -2.26. The number of hydrogen-bond donors (Lipinski definition) is 0. The summed E-state index contributed by atoms with van der Waals surface area (Å²) in [6.45, 7) is 2.31. The highest BCUT2D eigenvalue weighted by molar-refractivity contribution is 4.90. The van der Waals surface area contributed by atoms with Gasteiger partial charge in [-0.2, -0.15) is 5.26 Å². The molecule has 96 valence electrons. The summed E-state index contributed by atoms with van der Waals surface area (Å²) in [5, 5.41) is 9.07. The molecule has 0 N–H and O–H groups in total. The minimum atomic E-state index is 0.377. The second-order valence-electron chi connectivity index (χ2n) is 6.32. The van der Waals surface area contributed by atoms with Gasteiger partial charge in [-0.3, -0.25) is 0 Å². The maximum atomic E-state index is 9.07. The van der Waals surface area contributed by atoms with Crippen molar-refractivity contribution < 1.29 is 0 Å². The molecule has 0 aromatic carbocycles. The van der Waals surface area contributed by atoms with Crippen LogP contribution in [-0.4, -0.2) is 0 Å². The Hall–Kier alpha value is -0.510. The summed E-state index contributed by atoms with van der Waals surface area (Å²) < 4.78 is 0. The lowest BCUT2D eigenvalue weighted by Gasteiger charge is -2.37. The average Bonchev–Trinajstić information content (AvgIpc) is 2.40. The van der Waals surface area contributed by atoms with E-state index in [2.05, 4.69) is 13.0 Å². The van der Waals surface area contributed by atoms with Crippen molar-refractivity contribution in [3.05, 3.63) is 0 Å². The lowest BCUT2D eigenvalue weighted by atomic mass is 9.68. The molecule has 0 heterocycles. The van der Waals surface area contributed by atoms with Crippen LogP contribution >= 0.6 is 0 Å². The van der Waals surface area contributed by atoms with E-state index in [9.17, 15) is 0 Å². The van der Waals surface area contributed by atoms with Gasteiger partial charge in [-0.15, -0.1) is 0 Å². The van der Waals surface area contributed by atoms with Gasteiger partial charge in [0.2, 0.25) is 0 Å². The smallest absolute Gasteiger partial charge is 0.0655 e. The van der Waals surface area contributed by atoms with Crippen molar-refractivity contribution in [3.8, 4) is 6.07 Å². The maximum absolute atomic E-state index is 9.07. The van der Waals surface area contributed by atoms with E-state index in [1.54, 1.807) is 0 Å². The Morgan fingerprint density at radius 2 is 1.76 bits per heavy atom. The van der Waals surface area contributed by atoms with Gasteiger partial charge in [-0.25, -0.2) is 0 Å². The summed E-state index contributed by atoms with van der Waals surface area (Å²) in [5.74, 6) is 3.24. The van der Waals surface area contributed by atoms with Crippen LogP contribution in [0.3, 0.4) is 0 Å². The zero-order valence-corrected chi connectivity index (χ0v) is 11.3. The Kier molecular flexibility index (Phi) is 4.89. The van der Waals surface area contributed by atoms with E-state index in [0.717, 1.165) is 24.2 Å². The van der Waals surface area contributed by atoms with Crippen molar-refractivity contribution >= 4 is 0 Å². The predicted molar refractivity (Wildman–Crippen MR) is 71.4 cm³/mol. The number of nitrogens with zero attached hydrogens (tertiary/aromatic N) is 1. The average molecular weight is 233 g/mol. The van der Waals surface area contributed by atoms with Crippen molar-refractivity contribution in [2.24, 2.45) is 23.7 Å². The number of hydrogen-bond acceptors (Lipinski definition) is 1. The van der Waals surface area contributed by atoms with E-state index >= 15 is 0 Å². The fourth-order valence-corrected chi connectivity index (χ4v) is 4.13. The van der Waals surface area contributed by atoms with Crippen molar-refractivity contribution in [2.75, 3.05) is 0 Å². The highest BCUT2D eigenvalue weighted by Crippen LogP contribution is 2.42. The first-order valence-corrected chi connectivity index (χ1v) is 7.73. The monoisotopic (exact) mass is 233 g/mol. The van der Waals surface area contributed by atoms with Crippen LogP contribution in [0.4, 0.5) is 0 Å². The van der Waals surface area contributed by atoms with Gasteiger partial charge in [-0.1, -0.05) is 45.4 Å². The zero-order chi connectivity index (χ0) is 12.1. The third kappa shape index (κ3) is 3.47. The van der Waals surface area contributed by atoms with Crippen LogP contribution in [0, 0.1) is 35.0 Å². The first-order chi connectivity index (χ1) is 8.33. The van der Waals surface area contributed by atoms with Gasteiger partial charge in [0, 0.05) is 5.92 Å². The van der Waals surface area contributed by atoms with Crippen molar-refractivity contribution in [1.82, 2.24) is 0 Å². The molecule has 2 aliphatic rings. The molecule has 17 heavy (non-hydrogen) atoms. The van der Waals surface area contributed by atoms with Gasteiger partial charge in [0.05, 0.1) is 6.07 Å². The van der Waals surface area contributed by atoms with Crippen LogP contribution in [-0.2, 0) is 0 Å². The predicted octanol–water partition coefficient (Wildman–Crippen LogP) is 4.92. The maximum Gasteiger partial charge on any atom is 0.0655 e. The topological polar surface area (TPSA) is 23.8 Å². The highest BCUT2D eigenvalue weighted by atomic mass is 14.4. The Bertz CT molecular complexity index is 257. The molecule has 0 saturated heterocycles. The molecule has 2 saturated carbocycles.